The zero-order chi connectivity index (χ0) is 18.6. The standard InChI is InChI=1S/C23H24N2O2/c1-17-7-9-20(10-8-17)22-16-21(24-27-22)23(26)25-13-11-19(12-14-25)15-18-5-3-2-4-6-18/h2-10,16,19H,11-15H2,1H3. The van der Waals surface area contributed by atoms with Gasteiger partial charge in [0.1, 0.15) is 0 Å². The third-order valence-corrected chi connectivity index (χ3v) is 5.33. The van der Waals surface area contributed by atoms with Gasteiger partial charge < -0.3 is 9.42 Å². The molecule has 1 amide bonds. The third-order valence-electron chi connectivity index (χ3n) is 5.33. The van der Waals surface area contributed by atoms with Gasteiger partial charge in [-0.1, -0.05) is 65.3 Å². The number of aryl methyl sites for hydroxylation is 1. The number of hydrogen-bond acceptors (Lipinski definition) is 3. The molecule has 0 spiro atoms. The summed E-state index contributed by atoms with van der Waals surface area (Å²) in [5, 5.41) is 4.01. The molecule has 0 aliphatic carbocycles. The molecule has 1 aliphatic heterocycles. The number of likely N-dealkylation sites (tertiary alicyclic amines) is 1. The summed E-state index contributed by atoms with van der Waals surface area (Å²) in [4.78, 5) is 14.7. The molecular formula is C23H24N2O2. The quantitative estimate of drug-likeness (QED) is 0.675. The molecule has 27 heavy (non-hydrogen) atoms. The van der Waals surface area contributed by atoms with E-state index in [0.717, 1.165) is 37.9 Å². The predicted octanol–water partition coefficient (Wildman–Crippen LogP) is 4.74. The summed E-state index contributed by atoms with van der Waals surface area (Å²) in [5.74, 6) is 1.24. The van der Waals surface area contributed by atoms with E-state index >= 15 is 0 Å². The summed E-state index contributed by atoms with van der Waals surface area (Å²) in [5.41, 5.74) is 3.90. The van der Waals surface area contributed by atoms with Crippen molar-refractivity contribution in [3.8, 4) is 11.3 Å². The first-order valence-electron chi connectivity index (χ1n) is 9.56. The largest absolute Gasteiger partial charge is 0.355 e. The lowest BCUT2D eigenvalue weighted by atomic mass is 9.90. The van der Waals surface area contributed by atoms with Crippen molar-refractivity contribution >= 4 is 5.91 Å². The topological polar surface area (TPSA) is 46.3 Å². The van der Waals surface area contributed by atoms with Gasteiger partial charge in [0.05, 0.1) is 0 Å². The maximum absolute atomic E-state index is 12.8. The Morgan fingerprint density at radius 3 is 2.48 bits per heavy atom. The lowest BCUT2D eigenvalue weighted by molar-refractivity contribution is 0.0680. The van der Waals surface area contributed by atoms with E-state index in [2.05, 4.69) is 29.4 Å². The molecule has 0 radical (unpaired) electrons. The van der Waals surface area contributed by atoms with Gasteiger partial charge in [-0.3, -0.25) is 4.79 Å². The van der Waals surface area contributed by atoms with E-state index in [1.165, 1.54) is 11.1 Å². The molecule has 0 unspecified atom stereocenters. The van der Waals surface area contributed by atoms with E-state index in [1.807, 2.05) is 42.2 Å². The minimum absolute atomic E-state index is 0.0322. The van der Waals surface area contributed by atoms with Gasteiger partial charge in [0, 0.05) is 24.7 Å². The molecule has 2 aromatic carbocycles. The van der Waals surface area contributed by atoms with Crippen molar-refractivity contribution in [1.29, 1.82) is 0 Å². The predicted molar refractivity (Wildman–Crippen MR) is 105 cm³/mol. The molecule has 1 saturated heterocycles. The fourth-order valence-electron chi connectivity index (χ4n) is 3.68. The van der Waals surface area contributed by atoms with Crippen LogP contribution in [0.15, 0.2) is 65.2 Å². The van der Waals surface area contributed by atoms with Gasteiger partial charge in [-0.15, -0.1) is 0 Å². The number of amides is 1. The Bertz CT molecular complexity index is 892. The van der Waals surface area contributed by atoms with Crippen LogP contribution in [0.3, 0.4) is 0 Å². The molecule has 1 aromatic heterocycles. The Labute approximate surface area is 159 Å². The smallest absolute Gasteiger partial charge is 0.276 e. The molecule has 1 fully saturated rings. The number of benzene rings is 2. The number of carbonyl (C=O) groups is 1. The van der Waals surface area contributed by atoms with E-state index < -0.39 is 0 Å². The molecule has 3 aromatic rings. The second kappa shape index (κ2) is 7.78. The van der Waals surface area contributed by atoms with E-state index in [0.29, 0.717) is 17.4 Å². The molecule has 0 atom stereocenters. The van der Waals surface area contributed by atoms with Crippen molar-refractivity contribution in [1.82, 2.24) is 10.1 Å². The Morgan fingerprint density at radius 2 is 1.78 bits per heavy atom. The molecule has 0 N–H and O–H groups in total. The van der Waals surface area contributed by atoms with Crippen molar-refractivity contribution in [2.45, 2.75) is 26.2 Å². The summed E-state index contributed by atoms with van der Waals surface area (Å²) in [6.07, 6.45) is 3.15. The second-order valence-corrected chi connectivity index (χ2v) is 7.37. The number of aromatic nitrogens is 1. The molecule has 0 bridgehead atoms. The van der Waals surface area contributed by atoms with Crippen LogP contribution in [0, 0.1) is 12.8 Å². The summed E-state index contributed by atoms with van der Waals surface area (Å²) in [6.45, 7) is 3.60. The zero-order valence-corrected chi connectivity index (χ0v) is 15.6. The molecule has 0 saturated carbocycles. The van der Waals surface area contributed by atoms with Crippen LogP contribution in [-0.4, -0.2) is 29.1 Å². The van der Waals surface area contributed by atoms with Crippen LogP contribution in [0.5, 0.6) is 0 Å². The first kappa shape index (κ1) is 17.5. The summed E-state index contributed by atoms with van der Waals surface area (Å²) in [6, 6.07) is 20.4. The Hall–Kier alpha value is -2.88. The number of carbonyl (C=O) groups excluding carboxylic acids is 1. The van der Waals surface area contributed by atoms with Gasteiger partial charge in [-0.05, 0) is 37.7 Å². The average Bonchev–Trinajstić information content (AvgIpc) is 3.20. The number of rotatable bonds is 4. The highest BCUT2D eigenvalue weighted by Gasteiger charge is 2.26. The Morgan fingerprint density at radius 1 is 1.07 bits per heavy atom. The maximum atomic E-state index is 12.8. The van der Waals surface area contributed by atoms with E-state index in [-0.39, 0.29) is 5.91 Å². The van der Waals surface area contributed by atoms with Crippen molar-refractivity contribution in [3.63, 3.8) is 0 Å². The second-order valence-electron chi connectivity index (χ2n) is 7.37. The van der Waals surface area contributed by atoms with Gasteiger partial charge in [-0.25, -0.2) is 0 Å². The van der Waals surface area contributed by atoms with Gasteiger partial charge in [-0.2, -0.15) is 0 Å². The lowest BCUT2D eigenvalue weighted by Crippen LogP contribution is -2.39. The van der Waals surface area contributed by atoms with Gasteiger partial charge in [0.2, 0.25) is 0 Å². The normalized spacial score (nSPS) is 15.1. The minimum atomic E-state index is -0.0322. The van der Waals surface area contributed by atoms with Gasteiger partial charge >= 0.3 is 0 Å². The molecule has 4 rings (SSSR count). The van der Waals surface area contributed by atoms with Gasteiger partial charge in [0.25, 0.3) is 5.91 Å². The first-order valence-corrected chi connectivity index (χ1v) is 9.56. The molecule has 4 heteroatoms. The summed E-state index contributed by atoms with van der Waals surface area (Å²) < 4.78 is 5.41. The van der Waals surface area contributed by atoms with Crippen LogP contribution >= 0.6 is 0 Å². The maximum Gasteiger partial charge on any atom is 0.276 e. The molecule has 4 nitrogen and oxygen atoms in total. The van der Waals surface area contributed by atoms with Crippen molar-refractivity contribution in [2.75, 3.05) is 13.1 Å². The highest BCUT2D eigenvalue weighted by molar-refractivity contribution is 5.93. The molecule has 1 aliphatic rings. The lowest BCUT2D eigenvalue weighted by Gasteiger charge is -2.31. The fourth-order valence-corrected chi connectivity index (χ4v) is 3.68. The fraction of sp³-hybridized carbons (Fsp3) is 0.304. The Kier molecular flexibility index (Phi) is 5.05. The minimum Gasteiger partial charge on any atom is -0.355 e. The molecule has 138 valence electrons. The van der Waals surface area contributed by atoms with Crippen molar-refractivity contribution < 1.29 is 9.32 Å². The highest BCUT2D eigenvalue weighted by atomic mass is 16.5. The average molecular weight is 360 g/mol. The van der Waals surface area contributed by atoms with Crippen LogP contribution in [0.25, 0.3) is 11.3 Å². The number of piperidine rings is 1. The SMILES string of the molecule is Cc1ccc(-c2cc(C(=O)N3CCC(Cc4ccccc4)CC3)no2)cc1. The number of nitrogens with zero attached hydrogens (tertiary/aromatic N) is 2. The van der Waals surface area contributed by atoms with Crippen LogP contribution in [-0.2, 0) is 6.42 Å². The summed E-state index contributed by atoms with van der Waals surface area (Å²) >= 11 is 0. The zero-order valence-electron chi connectivity index (χ0n) is 15.6. The summed E-state index contributed by atoms with van der Waals surface area (Å²) in [7, 11) is 0. The van der Waals surface area contributed by atoms with Crippen LogP contribution in [0.1, 0.15) is 34.5 Å². The van der Waals surface area contributed by atoms with Crippen molar-refractivity contribution in [3.05, 3.63) is 77.5 Å². The van der Waals surface area contributed by atoms with E-state index in [1.54, 1.807) is 6.07 Å². The number of hydrogen-bond donors (Lipinski definition) is 0. The van der Waals surface area contributed by atoms with E-state index in [4.69, 9.17) is 4.52 Å². The van der Waals surface area contributed by atoms with Crippen LogP contribution in [0.2, 0.25) is 0 Å². The van der Waals surface area contributed by atoms with Gasteiger partial charge in [0.15, 0.2) is 11.5 Å². The third kappa shape index (κ3) is 4.11. The van der Waals surface area contributed by atoms with Crippen molar-refractivity contribution in [2.24, 2.45) is 5.92 Å². The highest BCUT2D eigenvalue weighted by Crippen LogP contribution is 2.25. The Balaban J connectivity index is 1.36. The first-order chi connectivity index (χ1) is 13.2. The molecular weight excluding hydrogens is 336 g/mol. The van der Waals surface area contributed by atoms with E-state index in [9.17, 15) is 4.79 Å². The van der Waals surface area contributed by atoms with Crippen LogP contribution < -0.4 is 0 Å². The monoisotopic (exact) mass is 360 g/mol. The molecule has 2 heterocycles. The van der Waals surface area contributed by atoms with Crippen LogP contribution in [0.4, 0.5) is 0 Å².